The van der Waals surface area contributed by atoms with E-state index < -0.39 is 5.41 Å². The van der Waals surface area contributed by atoms with Gasteiger partial charge in [0.05, 0.1) is 0 Å². The summed E-state index contributed by atoms with van der Waals surface area (Å²) in [6.45, 7) is 0.465. The topological polar surface area (TPSA) is 131 Å². The van der Waals surface area contributed by atoms with Crippen LogP contribution in [0.15, 0.2) is 5.16 Å². The summed E-state index contributed by atoms with van der Waals surface area (Å²) in [5, 5.41) is 14.8. The van der Waals surface area contributed by atoms with Gasteiger partial charge in [0.15, 0.2) is 5.84 Å². The Morgan fingerprint density at radius 3 is 2.35 bits per heavy atom. The Morgan fingerprint density at radius 1 is 1.15 bits per heavy atom. The molecule has 0 saturated heterocycles. The molecule has 1 fully saturated rings. The number of carbonyl (C=O) groups is 2. The van der Waals surface area contributed by atoms with E-state index in [-0.39, 0.29) is 17.6 Å². The summed E-state index contributed by atoms with van der Waals surface area (Å²) >= 11 is 0. The van der Waals surface area contributed by atoms with E-state index in [1.165, 1.54) is 0 Å². The second-order valence-corrected chi connectivity index (χ2v) is 5.31. The van der Waals surface area contributed by atoms with E-state index in [9.17, 15) is 9.59 Å². The standard InChI is InChI=1S/C13H24N4O3/c14-10(18)6-2-5-9-16-12(19)13(11(15)17-20)7-3-1-4-8-13/h20H,1-9H2,(H2,14,18)(H2,15,17)(H,16,19). The Hall–Kier alpha value is -1.79. The van der Waals surface area contributed by atoms with E-state index in [1.54, 1.807) is 0 Å². The van der Waals surface area contributed by atoms with Crippen LogP contribution in [0.1, 0.15) is 51.4 Å². The van der Waals surface area contributed by atoms with Gasteiger partial charge in [-0.2, -0.15) is 0 Å². The highest BCUT2D eigenvalue weighted by Gasteiger charge is 2.43. The van der Waals surface area contributed by atoms with Gasteiger partial charge in [0, 0.05) is 13.0 Å². The zero-order valence-electron chi connectivity index (χ0n) is 11.7. The van der Waals surface area contributed by atoms with Gasteiger partial charge in [0.2, 0.25) is 11.8 Å². The zero-order valence-corrected chi connectivity index (χ0v) is 11.7. The summed E-state index contributed by atoms with van der Waals surface area (Å²) in [6.07, 6.45) is 5.71. The molecular weight excluding hydrogens is 260 g/mol. The van der Waals surface area contributed by atoms with Crippen LogP contribution in [0.3, 0.4) is 0 Å². The molecule has 20 heavy (non-hydrogen) atoms. The summed E-state index contributed by atoms with van der Waals surface area (Å²) in [6, 6.07) is 0. The fourth-order valence-electron chi connectivity index (χ4n) is 2.65. The van der Waals surface area contributed by atoms with Gasteiger partial charge in [-0.05, 0) is 25.7 Å². The van der Waals surface area contributed by atoms with Crippen molar-refractivity contribution in [2.24, 2.45) is 22.0 Å². The van der Waals surface area contributed by atoms with Crippen LogP contribution in [-0.2, 0) is 9.59 Å². The lowest BCUT2D eigenvalue weighted by Crippen LogP contribution is -2.51. The fourth-order valence-corrected chi connectivity index (χ4v) is 2.65. The number of amidine groups is 1. The number of hydrogen-bond acceptors (Lipinski definition) is 4. The summed E-state index contributed by atoms with van der Waals surface area (Å²) in [4.78, 5) is 22.9. The van der Waals surface area contributed by atoms with Gasteiger partial charge in [-0.3, -0.25) is 9.59 Å². The Bertz CT molecular complexity index is 376. The minimum atomic E-state index is -0.878. The second kappa shape index (κ2) is 7.72. The molecule has 0 aromatic carbocycles. The molecule has 2 amide bonds. The Morgan fingerprint density at radius 2 is 1.80 bits per heavy atom. The molecule has 7 heteroatoms. The van der Waals surface area contributed by atoms with Crippen molar-refractivity contribution in [3.63, 3.8) is 0 Å². The van der Waals surface area contributed by atoms with Crippen molar-refractivity contribution in [1.29, 1.82) is 0 Å². The number of hydrogen-bond donors (Lipinski definition) is 4. The molecule has 0 aliphatic heterocycles. The maximum Gasteiger partial charge on any atom is 0.233 e. The van der Waals surface area contributed by atoms with E-state index >= 15 is 0 Å². The van der Waals surface area contributed by atoms with Gasteiger partial charge >= 0.3 is 0 Å². The van der Waals surface area contributed by atoms with Crippen LogP contribution in [0.2, 0.25) is 0 Å². The first-order valence-electron chi connectivity index (χ1n) is 7.07. The van der Waals surface area contributed by atoms with E-state index in [2.05, 4.69) is 10.5 Å². The molecule has 1 aliphatic carbocycles. The van der Waals surface area contributed by atoms with Gasteiger partial charge in [-0.1, -0.05) is 24.4 Å². The third kappa shape index (κ3) is 4.11. The average molecular weight is 284 g/mol. The van der Waals surface area contributed by atoms with E-state index in [4.69, 9.17) is 16.7 Å². The highest BCUT2D eigenvalue weighted by Crippen LogP contribution is 2.36. The van der Waals surface area contributed by atoms with Crippen LogP contribution in [0, 0.1) is 5.41 Å². The monoisotopic (exact) mass is 284 g/mol. The largest absolute Gasteiger partial charge is 0.409 e. The fraction of sp³-hybridized carbons (Fsp3) is 0.769. The van der Waals surface area contributed by atoms with Crippen molar-refractivity contribution in [3.8, 4) is 0 Å². The zero-order chi connectivity index (χ0) is 15.0. The highest BCUT2D eigenvalue weighted by molar-refractivity contribution is 6.06. The summed E-state index contributed by atoms with van der Waals surface area (Å²) in [7, 11) is 0. The molecule has 1 aliphatic rings. The number of unbranched alkanes of at least 4 members (excludes halogenated alkanes) is 1. The van der Waals surface area contributed by atoms with Crippen molar-refractivity contribution in [1.82, 2.24) is 5.32 Å². The number of amides is 2. The quantitative estimate of drug-likeness (QED) is 0.178. The van der Waals surface area contributed by atoms with Crippen LogP contribution < -0.4 is 16.8 Å². The Labute approximate surface area is 118 Å². The summed E-state index contributed by atoms with van der Waals surface area (Å²) in [5.41, 5.74) is 9.90. The molecule has 7 nitrogen and oxygen atoms in total. The minimum absolute atomic E-state index is 0.00756. The molecule has 1 rings (SSSR count). The van der Waals surface area contributed by atoms with Crippen LogP contribution in [-0.4, -0.2) is 29.4 Å². The number of nitrogens with zero attached hydrogens (tertiary/aromatic N) is 1. The predicted molar refractivity (Wildman–Crippen MR) is 75.0 cm³/mol. The number of carbonyl (C=O) groups excluding carboxylic acids is 2. The predicted octanol–water partition coefficient (Wildman–Crippen LogP) is 0.455. The minimum Gasteiger partial charge on any atom is -0.409 e. The molecule has 0 spiro atoms. The van der Waals surface area contributed by atoms with Crippen molar-refractivity contribution in [2.45, 2.75) is 51.4 Å². The van der Waals surface area contributed by atoms with Gasteiger partial charge in [-0.25, -0.2) is 0 Å². The molecule has 0 atom stereocenters. The first-order valence-corrected chi connectivity index (χ1v) is 7.07. The van der Waals surface area contributed by atoms with Crippen molar-refractivity contribution >= 4 is 17.6 Å². The number of primary amides is 1. The van der Waals surface area contributed by atoms with Crippen molar-refractivity contribution in [3.05, 3.63) is 0 Å². The normalized spacial score (nSPS) is 18.5. The number of rotatable bonds is 7. The molecule has 0 heterocycles. The first kappa shape index (κ1) is 16.3. The Balaban J connectivity index is 2.50. The molecule has 114 valence electrons. The molecule has 1 saturated carbocycles. The number of nitrogens with two attached hydrogens (primary N) is 2. The third-order valence-corrected chi connectivity index (χ3v) is 3.88. The average Bonchev–Trinajstić information content (AvgIpc) is 2.46. The van der Waals surface area contributed by atoms with Gasteiger partial charge in [-0.15, -0.1) is 0 Å². The third-order valence-electron chi connectivity index (χ3n) is 3.88. The molecule has 0 unspecified atom stereocenters. The van der Waals surface area contributed by atoms with Crippen LogP contribution in [0.4, 0.5) is 0 Å². The van der Waals surface area contributed by atoms with Gasteiger partial charge < -0.3 is 22.0 Å². The highest BCUT2D eigenvalue weighted by atomic mass is 16.4. The Kier molecular flexibility index (Phi) is 6.27. The molecule has 0 bridgehead atoms. The van der Waals surface area contributed by atoms with Crippen LogP contribution >= 0.6 is 0 Å². The van der Waals surface area contributed by atoms with Crippen LogP contribution in [0.25, 0.3) is 0 Å². The number of nitrogens with one attached hydrogen (secondary N) is 1. The molecule has 0 radical (unpaired) electrons. The molecule has 6 N–H and O–H groups in total. The lowest BCUT2D eigenvalue weighted by atomic mass is 9.72. The lowest BCUT2D eigenvalue weighted by molar-refractivity contribution is -0.129. The van der Waals surface area contributed by atoms with Gasteiger partial charge in [0.25, 0.3) is 0 Å². The number of oxime groups is 1. The maximum atomic E-state index is 12.3. The maximum absolute atomic E-state index is 12.3. The first-order chi connectivity index (χ1) is 9.53. The summed E-state index contributed by atoms with van der Waals surface area (Å²) < 4.78 is 0. The SMILES string of the molecule is NC(=O)CCCCNC(=O)C1(C(N)=NO)CCCCC1. The lowest BCUT2D eigenvalue weighted by Gasteiger charge is -2.34. The second-order valence-electron chi connectivity index (χ2n) is 5.31. The van der Waals surface area contributed by atoms with E-state index in [1.807, 2.05) is 0 Å². The van der Waals surface area contributed by atoms with Crippen molar-refractivity contribution in [2.75, 3.05) is 6.54 Å². The van der Waals surface area contributed by atoms with Gasteiger partial charge in [0.1, 0.15) is 5.41 Å². The van der Waals surface area contributed by atoms with Crippen LogP contribution in [0.5, 0.6) is 0 Å². The molecule has 0 aromatic heterocycles. The van der Waals surface area contributed by atoms with Crippen molar-refractivity contribution < 1.29 is 14.8 Å². The molecular formula is C13H24N4O3. The summed E-state index contributed by atoms with van der Waals surface area (Å²) in [5.74, 6) is -0.532. The smallest absolute Gasteiger partial charge is 0.233 e. The molecule has 0 aromatic rings. The van der Waals surface area contributed by atoms with E-state index in [0.717, 1.165) is 19.3 Å². The van der Waals surface area contributed by atoms with E-state index in [0.29, 0.717) is 38.6 Å².